The minimum Gasteiger partial charge on any atom is -0.480 e. The van der Waals surface area contributed by atoms with E-state index in [-0.39, 0.29) is 5.91 Å². The van der Waals surface area contributed by atoms with Crippen LogP contribution in [0.4, 0.5) is 18.9 Å². The molecule has 6 N–H and O–H groups in total. The third kappa shape index (κ3) is 10.3. The van der Waals surface area contributed by atoms with Crippen LogP contribution < -0.4 is 16.4 Å². The van der Waals surface area contributed by atoms with Crippen molar-refractivity contribution in [3.8, 4) is 0 Å². The van der Waals surface area contributed by atoms with E-state index in [1.54, 1.807) is 48.5 Å². The minimum absolute atomic E-state index is 0.328. The molecule has 1 aromatic heterocycles. The van der Waals surface area contributed by atoms with E-state index in [4.69, 9.17) is 26.5 Å². The number of thiazole rings is 1. The van der Waals surface area contributed by atoms with E-state index in [2.05, 4.69) is 11.9 Å². The number of amides is 2. The molecule has 0 aliphatic heterocycles. The Kier molecular flexibility index (Phi) is 12.0. The van der Waals surface area contributed by atoms with Crippen molar-refractivity contribution in [1.82, 2.24) is 4.98 Å². The molecule has 10 nitrogen and oxygen atoms in total. The van der Waals surface area contributed by atoms with E-state index in [0.717, 1.165) is 24.1 Å². The van der Waals surface area contributed by atoms with Crippen LogP contribution in [0.2, 0.25) is 0 Å². The van der Waals surface area contributed by atoms with Gasteiger partial charge in [-0.25, -0.2) is 9.78 Å². The van der Waals surface area contributed by atoms with Gasteiger partial charge in [0.15, 0.2) is 5.01 Å². The van der Waals surface area contributed by atoms with Crippen LogP contribution in [-0.2, 0) is 29.0 Å². The van der Waals surface area contributed by atoms with Gasteiger partial charge < -0.3 is 21.7 Å². The number of hydrogen-bond acceptors (Lipinski definition) is 7. The highest BCUT2D eigenvalue weighted by Crippen LogP contribution is 2.29. The van der Waals surface area contributed by atoms with Crippen molar-refractivity contribution in [1.29, 1.82) is 0 Å². The van der Waals surface area contributed by atoms with Gasteiger partial charge in [-0.05, 0) is 55.0 Å². The topological polar surface area (TPSA) is 177 Å². The number of halogens is 3. The van der Waals surface area contributed by atoms with Gasteiger partial charge in [0.25, 0.3) is 11.8 Å². The minimum atomic E-state index is -5.08. The smallest absolute Gasteiger partial charge is 0.480 e. The molecule has 1 atom stereocenters. The van der Waals surface area contributed by atoms with Crippen LogP contribution in [0.25, 0.3) is 0 Å². The van der Waals surface area contributed by atoms with E-state index in [9.17, 15) is 27.6 Å². The van der Waals surface area contributed by atoms with Crippen molar-refractivity contribution < 1.29 is 42.6 Å². The number of carbonyl (C=O) groups excluding carboxylic acids is 2. The average Bonchev–Trinajstić information content (AvgIpc) is 3.36. The molecule has 41 heavy (non-hydrogen) atoms. The first-order valence-corrected chi connectivity index (χ1v) is 13.0. The molecular weight excluding hydrogens is 565 g/mol. The van der Waals surface area contributed by atoms with E-state index >= 15 is 0 Å². The summed E-state index contributed by atoms with van der Waals surface area (Å²) in [5.74, 6) is -3.86. The molecule has 1 unspecified atom stereocenters. The average molecular weight is 595 g/mol. The molecule has 0 saturated heterocycles. The fourth-order valence-corrected chi connectivity index (χ4v) is 4.77. The SMILES string of the molecule is CC1CCc2nc(C(N)=O)sc2C1.NCc1cccc(N(CC(=O)O)C(=O)c2ccccc2)c1.O=C(O)C(F)(F)F. The van der Waals surface area contributed by atoms with Crippen molar-refractivity contribution in [3.05, 3.63) is 81.3 Å². The molecule has 4 rings (SSSR count). The lowest BCUT2D eigenvalue weighted by Gasteiger charge is -2.21. The number of benzene rings is 2. The molecule has 220 valence electrons. The second-order valence-electron chi connectivity index (χ2n) is 8.93. The zero-order chi connectivity index (χ0) is 30.7. The Morgan fingerprint density at radius 2 is 1.71 bits per heavy atom. The van der Waals surface area contributed by atoms with E-state index in [0.29, 0.717) is 28.7 Å². The number of aryl methyl sites for hydroxylation is 1. The summed E-state index contributed by atoms with van der Waals surface area (Å²) in [5.41, 5.74) is 13.7. The number of carboxylic acid groups (broad SMARTS) is 2. The summed E-state index contributed by atoms with van der Waals surface area (Å²) in [7, 11) is 0. The van der Waals surface area contributed by atoms with Gasteiger partial charge in [0.2, 0.25) is 0 Å². The Morgan fingerprint density at radius 1 is 1.07 bits per heavy atom. The number of carbonyl (C=O) groups is 4. The zero-order valence-corrected chi connectivity index (χ0v) is 22.7. The number of hydrogen-bond donors (Lipinski definition) is 4. The predicted molar refractivity (Wildman–Crippen MR) is 146 cm³/mol. The molecule has 0 spiro atoms. The normalized spacial score (nSPS) is 13.8. The second-order valence-corrected chi connectivity index (χ2v) is 10.0. The van der Waals surface area contributed by atoms with E-state index in [1.807, 2.05) is 6.07 Å². The number of nitrogens with zero attached hydrogens (tertiary/aromatic N) is 2. The summed E-state index contributed by atoms with van der Waals surface area (Å²) in [6.07, 6.45) is -1.85. The molecule has 0 fully saturated rings. The first kappa shape index (κ1) is 32.9. The number of aromatic nitrogens is 1. The van der Waals surface area contributed by atoms with Crippen molar-refractivity contribution in [2.45, 2.75) is 38.9 Å². The van der Waals surface area contributed by atoms with Crippen molar-refractivity contribution >= 4 is 40.8 Å². The maximum atomic E-state index is 12.5. The largest absolute Gasteiger partial charge is 0.490 e. The molecule has 0 bridgehead atoms. The fourth-order valence-electron chi connectivity index (χ4n) is 3.65. The van der Waals surface area contributed by atoms with Crippen molar-refractivity contribution in [2.75, 3.05) is 11.4 Å². The molecule has 1 heterocycles. The molecular formula is C27H29F3N4O6S. The first-order valence-electron chi connectivity index (χ1n) is 12.2. The van der Waals surface area contributed by atoms with Gasteiger partial charge in [0.05, 0.1) is 5.69 Å². The van der Waals surface area contributed by atoms with Crippen LogP contribution in [0.3, 0.4) is 0 Å². The van der Waals surface area contributed by atoms with E-state index < -0.39 is 30.6 Å². The van der Waals surface area contributed by atoms with Gasteiger partial charge in [-0.15, -0.1) is 11.3 Å². The molecule has 2 aromatic carbocycles. The summed E-state index contributed by atoms with van der Waals surface area (Å²) >= 11 is 1.46. The summed E-state index contributed by atoms with van der Waals surface area (Å²) in [6.45, 7) is 2.16. The standard InChI is InChI=1S/C16H16N2O3.C9H12N2OS.C2HF3O2/c17-10-12-5-4-8-14(9-12)18(11-15(19)20)16(21)13-6-2-1-3-7-13;1-5-2-3-6-7(4-5)13-9(11-6)8(10)12;3-2(4,5)1(6)7/h1-9H,10-11,17H2,(H,19,20);5H,2-4H2,1H3,(H2,10,12);(H,6,7). The van der Waals surface area contributed by atoms with Gasteiger partial charge in [-0.1, -0.05) is 37.3 Å². The molecule has 3 aromatic rings. The van der Waals surface area contributed by atoms with Crippen molar-refractivity contribution in [2.24, 2.45) is 17.4 Å². The highest BCUT2D eigenvalue weighted by atomic mass is 32.1. The van der Waals surface area contributed by atoms with Crippen LogP contribution in [-0.4, -0.2) is 51.7 Å². The molecule has 14 heteroatoms. The molecule has 1 aliphatic carbocycles. The Labute approximate surface area is 237 Å². The quantitative estimate of drug-likeness (QED) is 0.332. The van der Waals surface area contributed by atoms with Crippen LogP contribution in [0.5, 0.6) is 0 Å². The fraction of sp³-hybridized carbons (Fsp3) is 0.296. The zero-order valence-electron chi connectivity index (χ0n) is 21.9. The van der Waals surface area contributed by atoms with Gasteiger partial charge in [-0.2, -0.15) is 13.2 Å². The number of primary amides is 1. The van der Waals surface area contributed by atoms with Crippen LogP contribution in [0.1, 0.15) is 49.6 Å². The number of nitrogens with two attached hydrogens (primary N) is 2. The highest BCUT2D eigenvalue weighted by Gasteiger charge is 2.38. The number of carboxylic acids is 2. The monoisotopic (exact) mass is 594 g/mol. The Hall–Kier alpha value is -4.30. The summed E-state index contributed by atoms with van der Waals surface area (Å²) in [6, 6.07) is 15.6. The summed E-state index contributed by atoms with van der Waals surface area (Å²) in [5, 5.41) is 16.6. The van der Waals surface area contributed by atoms with Gasteiger partial charge in [-0.3, -0.25) is 19.3 Å². The number of rotatable bonds is 6. The maximum Gasteiger partial charge on any atom is 0.490 e. The van der Waals surface area contributed by atoms with Gasteiger partial charge in [0, 0.05) is 22.7 Å². The first-order chi connectivity index (χ1) is 19.2. The predicted octanol–water partition coefficient (Wildman–Crippen LogP) is 3.88. The Bertz CT molecular complexity index is 1360. The van der Waals surface area contributed by atoms with Crippen LogP contribution >= 0.6 is 11.3 Å². The summed E-state index contributed by atoms with van der Waals surface area (Å²) < 4.78 is 31.7. The number of fused-ring (bicyclic) bond motifs is 1. The number of alkyl halides is 3. The van der Waals surface area contributed by atoms with Gasteiger partial charge in [0.1, 0.15) is 6.54 Å². The number of anilines is 1. The number of aliphatic carboxylic acids is 2. The second kappa shape index (κ2) is 14.9. The lowest BCUT2D eigenvalue weighted by atomic mass is 9.93. The Balaban J connectivity index is 0.000000249. The highest BCUT2D eigenvalue weighted by molar-refractivity contribution is 7.13. The summed E-state index contributed by atoms with van der Waals surface area (Å²) in [4.78, 5) is 50.1. The maximum absolute atomic E-state index is 12.5. The van der Waals surface area contributed by atoms with Crippen molar-refractivity contribution in [3.63, 3.8) is 0 Å². The van der Waals surface area contributed by atoms with Gasteiger partial charge >= 0.3 is 18.1 Å². The third-order valence-corrected chi connectivity index (χ3v) is 6.79. The lowest BCUT2D eigenvalue weighted by molar-refractivity contribution is -0.192. The molecule has 1 aliphatic rings. The molecule has 0 radical (unpaired) electrons. The molecule has 2 amide bonds. The van der Waals surface area contributed by atoms with Crippen LogP contribution in [0.15, 0.2) is 54.6 Å². The Morgan fingerprint density at radius 3 is 2.24 bits per heavy atom. The van der Waals surface area contributed by atoms with E-state index in [1.165, 1.54) is 27.5 Å². The third-order valence-electron chi connectivity index (χ3n) is 5.66. The lowest BCUT2D eigenvalue weighted by Crippen LogP contribution is -2.35. The van der Waals surface area contributed by atoms with Crippen LogP contribution in [0, 0.1) is 5.92 Å². The molecule has 0 saturated carbocycles.